The average molecular weight is 239 g/mol. The van der Waals surface area contributed by atoms with Gasteiger partial charge in [-0.15, -0.1) is 0 Å². The van der Waals surface area contributed by atoms with Gasteiger partial charge in [-0.05, 0) is 31.0 Å². The van der Waals surface area contributed by atoms with Crippen molar-refractivity contribution < 1.29 is 8.76 Å². The fraction of sp³-hybridized carbons (Fsp3) is 0.250. The summed E-state index contributed by atoms with van der Waals surface area (Å²) in [6.07, 6.45) is 0. The molecule has 5 heteroatoms. The van der Waals surface area contributed by atoms with Crippen molar-refractivity contribution in [2.45, 2.75) is 18.7 Å². The van der Waals surface area contributed by atoms with Crippen molar-refractivity contribution in [3.63, 3.8) is 0 Å². The van der Waals surface area contributed by atoms with Crippen molar-refractivity contribution in [2.24, 2.45) is 0 Å². The first-order chi connectivity index (χ1) is 5.95. The largest absolute Gasteiger partial charge is 0.302 e. The van der Waals surface area contributed by atoms with E-state index in [0.717, 1.165) is 0 Å². The monoisotopic (exact) mass is 238 g/mol. The van der Waals surface area contributed by atoms with E-state index in [1.165, 1.54) is 0 Å². The molecule has 0 radical (unpaired) electrons. The van der Waals surface area contributed by atoms with E-state index >= 15 is 0 Å². The lowest BCUT2D eigenvalue weighted by Gasteiger charge is -2.08. The number of aryl methyl sites for hydroxylation is 1. The Labute approximate surface area is 89.1 Å². The molecule has 13 heavy (non-hydrogen) atoms. The van der Waals surface area contributed by atoms with Gasteiger partial charge in [0.15, 0.2) is 11.1 Å². The van der Waals surface area contributed by atoms with E-state index in [9.17, 15) is 4.21 Å². The molecule has 0 aliphatic carbocycles. The van der Waals surface area contributed by atoms with E-state index in [2.05, 4.69) is 0 Å². The summed E-state index contributed by atoms with van der Waals surface area (Å²) < 4.78 is 19.9. The highest BCUT2D eigenvalue weighted by Crippen LogP contribution is 2.31. The Morgan fingerprint density at radius 1 is 1.38 bits per heavy atom. The third-order valence-corrected chi connectivity index (χ3v) is 3.61. The molecule has 1 atom stereocenters. The first-order valence-electron chi connectivity index (χ1n) is 3.51. The first-order valence-corrected chi connectivity index (χ1v) is 5.37. The van der Waals surface area contributed by atoms with Crippen molar-refractivity contribution in [3.8, 4) is 0 Å². The summed E-state index contributed by atoms with van der Waals surface area (Å²) in [7, 11) is 0. The SMILES string of the molecule is Cc1cc(Cl)c(C)c(S(=O)O)c1Cl. The van der Waals surface area contributed by atoms with Crippen LogP contribution in [0.15, 0.2) is 11.0 Å². The topological polar surface area (TPSA) is 37.3 Å². The predicted octanol–water partition coefficient (Wildman–Crippen LogP) is 3.19. The Balaban J connectivity index is 3.56. The minimum Gasteiger partial charge on any atom is -0.302 e. The van der Waals surface area contributed by atoms with Crippen LogP contribution in [0.25, 0.3) is 0 Å². The van der Waals surface area contributed by atoms with Gasteiger partial charge in [-0.2, -0.15) is 0 Å². The van der Waals surface area contributed by atoms with E-state index in [1.807, 2.05) is 0 Å². The summed E-state index contributed by atoms with van der Waals surface area (Å²) in [5, 5.41) is 0.766. The van der Waals surface area contributed by atoms with E-state index in [1.54, 1.807) is 19.9 Å². The minimum atomic E-state index is -2.09. The van der Waals surface area contributed by atoms with Gasteiger partial charge in [0.25, 0.3) is 0 Å². The molecule has 0 saturated carbocycles. The smallest absolute Gasteiger partial charge is 0.188 e. The standard InChI is InChI=1S/C8H8Cl2O2S/c1-4-3-6(9)5(2)8(7(4)10)13(11)12/h3H,1-2H3,(H,11,12). The maximum Gasteiger partial charge on any atom is 0.188 e. The molecule has 1 N–H and O–H groups in total. The fourth-order valence-electron chi connectivity index (χ4n) is 1.02. The summed E-state index contributed by atoms with van der Waals surface area (Å²) in [4.78, 5) is 0.201. The van der Waals surface area contributed by atoms with Crippen LogP contribution in [0, 0.1) is 13.8 Å². The zero-order valence-electron chi connectivity index (χ0n) is 7.10. The second kappa shape index (κ2) is 3.96. The molecule has 0 aliphatic heterocycles. The lowest BCUT2D eigenvalue weighted by molar-refractivity contribution is 0.563. The van der Waals surface area contributed by atoms with E-state index < -0.39 is 11.1 Å². The highest BCUT2D eigenvalue weighted by molar-refractivity contribution is 7.79. The molecule has 1 aromatic rings. The fourth-order valence-corrected chi connectivity index (χ4v) is 2.42. The van der Waals surface area contributed by atoms with Gasteiger partial charge in [0.05, 0.1) is 9.92 Å². The minimum absolute atomic E-state index is 0.201. The quantitative estimate of drug-likeness (QED) is 0.764. The summed E-state index contributed by atoms with van der Waals surface area (Å²) in [6, 6.07) is 1.68. The second-order valence-electron chi connectivity index (χ2n) is 2.69. The summed E-state index contributed by atoms with van der Waals surface area (Å²) in [5.41, 5.74) is 1.26. The Kier molecular flexibility index (Phi) is 3.35. The normalized spacial score (nSPS) is 13.0. The Hall–Kier alpha value is -0.0900. The van der Waals surface area contributed by atoms with Crippen LogP contribution < -0.4 is 0 Å². The number of benzene rings is 1. The zero-order valence-corrected chi connectivity index (χ0v) is 9.43. The van der Waals surface area contributed by atoms with Crippen molar-refractivity contribution in [3.05, 3.63) is 27.2 Å². The maximum absolute atomic E-state index is 10.9. The molecular weight excluding hydrogens is 231 g/mol. The molecule has 0 aromatic heterocycles. The molecule has 1 rings (SSSR count). The van der Waals surface area contributed by atoms with Crippen LogP contribution in [0.4, 0.5) is 0 Å². The molecule has 0 spiro atoms. The van der Waals surface area contributed by atoms with Crippen LogP contribution in [0.5, 0.6) is 0 Å². The number of hydrogen-bond donors (Lipinski definition) is 1. The Morgan fingerprint density at radius 2 is 1.92 bits per heavy atom. The van der Waals surface area contributed by atoms with E-state index in [-0.39, 0.29) is 4.90 Å². The van der Waals surface area contributed by atoms with Crippen molar-refractivity contribution in [1.82, 2.24) is 0 Å². The molecule has 0 saturated heterocycles. The maximum atomic E-state index is 10.9. The highest BCUT2D eigenvalue weighted by atomic mass is 35.5. The van der Waals surface area contributed by atoms with Crippen molar-refractivity contribution >= 4 is 34.3 Å². The van der Waals surface area contributed by atoms with Gasteiger partial charge in [0.2, 0.25) is 0 Å². The molecule has 72 valence electrons. The third-order valence-electron chi connectivity index (χ3n) is 1.76. The lowest BCUT2D eigenvalue weighted by atomic mass is 10.2. The third kappa shape index (κ3) is 2.05. The van der Waals surface area contributed by atoms with Gasteiger partial charge < -0.3 is 4.55 Å². The highest BCUT2D eigenvalue weighted by Gasteiger charge is 2.15. The summed E-state index contributed by atoms with van der Waals surface area (Å²) in [5.74, 6) is 0. The van der Waals surface area contributed by atoms with Crippen LogP contribution in [-0.4, -0.2) is 8.76 Å². The molecule has 0 bridgehead atoms. The van der Waals surface area contributed by atoms with Crippen molar-refractivity contribution in [1.29, 1.82) is 0 Å². The molecule has 2 nitrogen and oxygen atoms in total. The summed E-state index contributed by atoms with van der Waals surface area (Å²) in [6.45, 7) is 3.40. The molecule has 1 aromatic carbocycles. The average Bonchev–Trinajstić information content (AvgIpc) is 2.01. The molecule has 0 aliphatic rings. The molecule has 0 amide bonds. The molecule has 0 fully saturated rings. The van der Waals surface area contributed by atoms with Crippen LogP contribution >= 0.6 is 23.2 Å². The number of hydrogen-bond acceptors (Lipinski definition) is 1. The van der Waals surface area contributed by atoms with Gasteiger partial charge in [-0.3, -0.25) is 0 Å². The van der Waals surface area contributed by atoms with Gasteiger partial charge in [0, 0.05) is 5.02 Å². The van der Waals surface area contributed by atoms with E-state index in [0.29, 0.717) is 21.2 Å². The van der Waals surface area contributed by atoms with Crippen LogP contribution in [-0.2, 0) is 11.1 Å². The van der Waals surface area contributed by atoms with Crippen LogP contribution in [0.2, 0.25) is 10.0 Å². The predicted molar refractivity (Wildman–Crippen MR) is 55.0 cm³/mol. The van der Waals surface area contributed by atoms with Crippen LogP contribution in [0.3, 0.4) is 0 Å². The van der Waals surface area contributed by atoms with E-state index in [4.69, 9.17) is 27.8 Å². The molecule has 0 heterocycles. The van der Waals surface area contributed by atoms with Gasteiger partial charge in [0.1, 0.15) is 0 Å². The van der Waals surface area contributed by atoms with Crippen LogP contribution in [0.1, 0.15) is 11.1 Å². The van der Waals surface area contributed by atoms with Gasteiger partial charge in [-0.1, -0.05) is 23.2 Å². The Morgan fingerprint density at radius 3 is 2.38 bits per heavy atom. The van der Waals surface area contributed by atoms with Gasteiger partial charge in [-0.25, -0.2) is 4.21 Å². The van der Waals surface area contributed by atoms with Crippen molar-refractivity contribution in [2.75, 3.05) is 0 Å². The summed E-state index contributed by atoms with van der Waals surface area (Å²) >= 11 is 9.60. The number of halogens is 2. The molecular formula is C8H8Cl2O2S. The lowest BCUT2D eigenvalue weighted by Crippen LogP contribution is -1.96. The zero-order chi connectivity index (χ0) is 10.2. The Bertz CT molecular complexity index is 351. The molecule has 1 unspecified atom stereocenters. The number of rotatable bonds is 1. The van der Waals surface area contributed by atoms with Gasteiger partial charge >= 0.3 is 0 Å². The second-order valence-corrected chi connectivity index (χ2v) is 4.38. The first kappa shape index (κ1) is 11.0.